The minimum atomic E-state index is -5.10. The minimum Gasteiger partial charge on any atom is -0.480 e. The number of carbonyl (C=O) groups excluding carboxylic acids is 9. The van der Waals surface area contributed by atoms with E-state index in [1.54, 1.807) is 42.5 Å². The van der Waals surface area contributed by atoms with Crippen molar-refractivity contribution in [1.29, 1.82) is 0 Å². The molecule has 1 aliphatic rings. The molecule has 81 heavy (non-hydrogen) atoms. The third-order valence-corrected chi connectivity index (χ3v) is 12.8. The van der Waals surface area contributed by atoms with E-state index in [2.05, 4.69) is 62.5 Å². The second kappa shape index (κ2) is 28.6. The predicted molar refractivity (Wildman–Crippen MR) is 288 cm³/mol. The van der Waals surface area contributed by atoms with Crippen molar-refractivity contribution in [2.45, 2.75) is 68.5 Å². The van der Waals surface area contributed by atoms with Crippen molar-refractivity contribution in [3.8, 4) is 0 Å². The number of aliphatic carboxylic acids is 1. The van der Waals surface area contributed by atoms with Gasteiger partial charge in [-0.05, 0) is 73.7 Å². The zero-order valence-electron chi connectivity index (χ0n) is 43.1. The summed E-state index contributed by atoms with van der Waals surface area (Å²) >= 11 is 0. The zero-order valence-corrected chi connectivity index (χ0v) is 43.9. The van der Waals surface area contributed by atoms with Crippen LogP contribution < -0.4 is 54.0 Å². The first kappa shape index (κ1) is 60.3. The molecule has 1 aliphatic heterocycles. The molecule has 6 rings (SSSR count). The molecule has 0 saturated heterocycles. The van der Waals surface area contributed by atoms with Gasteiger partial charge >= 0.3 is 5.97 Å². The Hall–Kier alpha value is -9.97. The molecule has 0 spiro atoms. The van der Waals surface area contributed by atoms with Crippen LogP contribution in [-0.4, -0.2) is 147 Å². The summed E-state index contributed by atoms with van der Waals surface area (Å²) < 4.78 is 34.9. The summed E-state index contributed by atoms with van der Waals surface area (Å²) in [5.74, 6) is -7.43. The summed E-state index contributed by atoms with van der Waals surface area (Å²) in [6.45, 7) is -1.49. The summed E-state index contributed by atoms with van der Waals surface area (Å²) in [6.07, 6.45) is 5.18. The van der Waals surface area contributed by atoms with Crippen molar-refractivity contribution in [3.63, 3.8) is 0 Å². The number of imide groups is 1. The van der Waals surface area contributed by atoms with Crippen LogP contribution in [0.4, 0.5) is 23.1 Å². The van der Waals surface area contributed by atoms with Crippen LogP contribution in [0, 0.1) is 0 Å². The molecule has 426 valence electrons. The van der Waals surface area contributed by atoms with Crippen LogP contribution in [-0.2, 0) is 61.4 Å². The maximum Gasteiger partial charge on any atom is 0.326 e. The van der Waals surface area contributed by atoms with Crippen molar-refractivity contribution in [3.05, 3.63) is 114 Å². The van der Waals surface area contributed by atoms with Crippen molar-refractivity contribution in [2.75, 3.05) is 54.8 Å². The van der Waals surface area contributed by atoms with Crippen LogP contribution in [0.25, 0.3) is 11.2 Å². The summed E-state index contributed by atoms with van der Waals surface area (Å²) in [6, 6.07) is 14.9. The summed E-state index contributed by atoms with van der Waals surface area (Å²) in [4.78, 5) is 142. The first-order valence-corrected chi connectivity index (χ1v) is 26.4. The number of nitrogens with two attached hydrogens (primary N) is 2. The minimum absolute atomic E-state index is 0.0113. The Kier molecular flexibility index (Phi) is 21.3. The maximum atomic E-state index is 13.4. The van der Waals surface area contributed by atoms with Gasteiger partial charge in [0.1, 0.15) is 17.0 Å². The molecular weight excluding hydrogens is 1080 g/mol. The van der Waals surface area contributed by atoms with Crippen LogP contribution >= 0.6 is 0 Å². The molecular formula is C51H57N15O14S. The fourth-order valence-electron chi connectivity index (χ4n) is 7.80. The molecule has 0 fully saturated rings. The van der Waals surface area contributed by atoms with E-state index in [0.29, 0.717) is 36.2 Å². The van der Waals surface area contributed by atoms with E-state index in [1.807, 2.05) is 0 Å². The molecule has 3 heterocycles. The number of nitrogens with one attached hydrogen (secondary N) is 8. The van der Waals surface area contributed by atoms with E-state index in [1.165, 1.54) is 30.5 Å². The van der Waals surface area contributed by atoms with Crippen molar-refractivity contribution >= 4 is 104 Å². The van der Waals surface area contributed by atoms with Crippen molar-refractivity contribution in [2.24, 2.45) is 0 Å². The average Bonchev–Trinajstić information content (AvgIpc) is 3.95. The SMILES string of the molecule is Nc1nc(N)c2nc(CNc3ccc(C(=O)N[C@@H](CCCNC(=O)c4ccc(NC(=O)CNC(=O)[C@H](Cc5ccccc5)NC(=O)CNC(=O)CNC(=O)CCCCCN5C(=O)C=CC5=O)cc4S(=O)(=O)O)C(=O)O)cc3)cnc2n1. The molecule has 0 radical (unpaired) electrons. The molecule has 0 saturated carbocycles. The van der Waals surface area contributed by atoms with Crippen LogP contribution in [0.1, 0.15) is 70.5 Å². The van der Waals surface area contributed by atoms with Gasteiger partial charge in [0.15, 0.2) is 17.0 Å². The van der Waals surface area contributed by atoms with E-state index < -0.39 is 111 Å². The second-order valence-corrected chi connectivity index (χ2v) is 19.4. The number of hydrogen-bond acceptors (Lipinski definition) is 19. The quantitative estimate of drug-likeness (QED) is 0.0161. The van der Waals surface area contributed by atoms with Crippen LogP contribution in [0.5, 0.6) is 0 Å². The highest BCUT2D eigenvalue weighted by atomic mass is 32.2. The zero-order chi connectivity index (χ0) is 58.6. The molecule has 2 aromatic heterocycles. The van der Waals surface area contributed by atoms with Gasteiger partial charge in [0.2, 0.25) is 35.5 Å². The molecule has 14 N–H and O–H groups in total. The van der Waals surface area contributed by atoms with E-state index >= 15 is 0 Å². The number of benzene rings is 3. The predicted octanol–water partition coefficient (Wildman–Crippen LogP) is -0.664. The molecule has 5 aromatic rings. The van der Waals surface area contributed by atoms with Gasteiger partial charge < -0.3 is 59.1 Å². The van der Waals surface area contributed by atoms with Gasteiger partial charge in [-0.3, -0.25) is 52.6 Å². The highest BCUT2D eigenvalue weighted by Crippen LogP contribution is 2.22. The lowest BCUT2D eigenvalue weighted by molar-refractivity contribution is -0.139. The van der Waals surface area contributed by atoms with Crippen molar-refractivity contribution < 1.29 is 66.0 Å². The van der Waals surface area contributed by atoms with E-state index in [0.717, 1.165) is 23.1 Å². The highest BCUT2D eigenvalue weighted by molar-refractivity contribution is 7.86. The Labute approximate surface area is 461 Å². The smallest absolute Gasteiger partial charge is 0.326 e. The first-order chi connectivity index (χ1) is 38.6. The molecule has 30 heteroatoms. The number of amides is 9. The molecule has 29 nitrogen and oxygen atoms in total. The normalized spacial score (nSPS) is 12.7. The molecule has 3 aromatic carbocycles. The van der Waals surface area contributed by atoms with Gasteiger partial charge in [0.05, 0.1) is 43.6 Å². The first-order valence-electron chi connectivity index (χ1n) is 24.9. The number of fused-ring (bicyclic) bond motifs is 1. The summed E-state index contributed by atoms with van der Waals surface area (Å²) in [5, 5.41) is 29.8. The number of carbonyl (C=O) groups is 10. The summed E-state index contributed by atoms with van der Waals surface area (Å²) in [5.41, 5.74) is 13.1. The van der Waals surface area contributed by atoms with Gasteiger partial charge in [0.25, 0.3) is 33.7 Å². The largest absolute Gasteiger partial charge is 0.480 e. The monoisotopic (exact) mass is 1140 g/mol. The van der Waals surface area contributed by atoms with Gasteiger partial charge in [-0.25, -0.2) is 14.8 Å². The number of carboxylic acids is 1. The lowest BCUT2D eigenvalue weighted by Gasteiger charge is -2.19. The number of rotatable bonds is 29. The molecule has 9 amide bonds. The van der Waals surface area contributed by atoms with Crippen LogP contribution in [0.15, 0.2) is 96.0 Å². The number of hydrogen-bond donors (Lipinski definition) is 12. The van der Waals surface area contributed by atoms with E-state index in [-0.39, 0.29) is 79.5 Å². The Morgan fingerprint density at radius 2 is 1.36 bits per heavy atom. The lowest BCUT2D eigenvalue weighted by Crippen LogP contribution is -2.52. The van der Waals surface area contributed by atoms with Gasteiger partial charge in [-0.1, -0.05) is 36.8 Å². The third-order valence-electron chi connectivity index (χ3n) is 11.9. The fraction of sp³-hybridized carbons (Fsp3) is 0.294. The number of unbranched alkanes of at least 4 members (excludes halogenated alkanes) is 2. The molecule has 2 atom stereocenters. The van der Waals surface area contributed by atoms with Crippen LogP contribution in [0.2, 0.25) is 0 Å². The standard InChI is InChI=1S/C51H57N15O14S/c52-45-44-46(65-51(53)64-45)58-25-33(61-44)24-55-31-14-12-30(13-15-31)47(73)63-35(50(76)77)10-7-20-54-48(74)34-17-16-32(23-37(34)81(78,79)80)60-40(69)28-59-49(75)36(22-29-8-3-1-4-9-29)62-41(70)27-57-39(68)26-56-38(67)11-5-2-6-21-66-42(71)18-19-43(66)72/h1,3-4,8-9,12-19,23,25,35-36,55H,2,5-7,10-11,20-22,24,26-28H2,(H,54,74)(H,56,67)(H,57,68)(H,59,75)(H,60,69)(H,62,70)(H,63,73)(H,76,77)(H,78,79,80)(H4,52,53,58,64,65)/t35-,36-/m0/s1. The second-order valence-electron chi connectivity index (χ2n) is 18.0. The Balaban J connectivity index is 0.923. The maximum absolute atomic E-state index is 13.4. The molecule has 0 bridgehead atoms. The lowest BCUT2D eigenvalue weighted by atomic mass is 10.1. The number of nitrogen functional groups attached to an aromatic ring is 2. The number of nitrogens with zero attached hydrogens (tertiary/aromatic N) is 5. The molecule has 0 unspecified atom stereocenters. The Morgan fingerprint density at radius 1 is 0.679 bits per heavy atom. The fourth-order valence-corrected chi connectivity index (χ4v) is 8.51. The summed E-state index contributed by atoms with van der Waals surface area (Å²) in [7, 11) is -5.10. The Bertz CT molecular complexity index is 3330. The third kappa shape index (κ3) is 18.6. The Morgan fingerprint density at radius 3 is 2.06 bits per heavy atom. The van der Waals surface area contributed by atoms with Gasteiger partial charge in [-0.2, -0.15) is 18.4 Å². The average molecular weight is 1140 g/mol. The van der Waals surface area contributed by atoms with Gasteiger partial charge in [-0.15, -0.1) is 0 Å². The van der Waals surface area contributed by atoms with Gasteiger partial charge in [0, 0.05) is 55.0 Å². The van der Waals surface area contributed by atoms with Crippen LogP contribution in [0.3, 0.4) is 0 Å². The van der Waals surface area contributed by atoms with E-state index in [4.69, 9.17) is 11.5 Å². The highest BCUT2D eigenvalue weighted by Gasteiger charge is 2.26. The van der Waals surface area contributed by atoms with E-state index in [9.17, 15) is 66.0 Å². The molecule has 0 aliphatic carbocycles. The number of anilines is 4. The number of aromatic nitrogens is 4. The number of carboxylic acid groups (broad SMARTS) is 1. The van der Waals surface area contributed by atoms with Crippen molar-refractivity contribution in [1.82, 2.24) is 56.7 Å². The topological polar surface area (TPSA) is 448 Å².